The number of halogens is 1. The molecule has 0 spiro atoms. The number of benzene rings is 1. The smallest absolute Gasteiger partial charge is 0.0633 e. The van der Waals surface area contributed by atoms with E-state index in [4.69, 9.17) is 16.3 Å². The summed E-state index contributed by atoms with van der Waals surface area (Å²) in [6.07, 6.45) is 4.68. The van der Waals surface area contributed by atoms with Crippen LogP contribution >= 0.6 is 11.6 Å². The predicted molar refractivity (Wildman–Crippen MR) is 68.0 cm³/mol. The molecular formula is C14H19ClO. The molecule has 0 N–H and O–H groups in total. The molecule has 1 aromatic carbocycles. The first-order valence-electron chi connectivity index (χ1n) is 6.11. The van der Waals surface area contributed by atoms with Crippen LogP contribution in [0.2, 0.25) is 0 Å². The van der Waals surface area contributed by atoms with E-state index in [1.807, 2.05) is 6.07 Å². The Hall–Kier alpha value is -0.530. The summed E-state index contributed by atoms with van der Waals surface area (Å²) in [5, 5.41) is 0.285. The summed E-state index contributed by atoms with van der Waals surface area (Å²) in [7, 11) is 0. The molecule has 0 aliphatic carbocycles. The third-order valence-electron chi connectivity index (χ3n) is 3.18. The topological polar surface area (TPSA) is 9.23 Å². The Morgan fingerprint density at radius 3 is 2.56 bits per heavy atom. The number of hydrogen-bond acceptors (Lipinski definition) is 1. The van der Waals surface area contributed by atoms with Crippen molar-refractivity contribution in [3.63, 3.8) is 0 Å². The lowest BCUT2D eigenvalue weighted by molar-refractivity contribution is -0.0480. The second-order valence-corrected chi connectivity index (χ2v) is 5.16. The highest BCUT2D eigenvalue weighted by molar-refractivity contribution is 6.20. The molecule has 16 heavy (non-hydrogen) atoms. The standard InChI is InChI=1S/C14H19ClO/c1-2-13-9-12(15)10-14(16-13)8-11-6-4-3-5-7-11/h3-7,12-14H,2,8-10H2,1H3/t12-,13+,14-/m0/s1. The van der Waals surface area contributed by atoms with Crippen molar-refractivity contribution < 1.29 is 4.74 Å². The maximum absolute atomic E-state index is 6.27. The molecule has 0 amide bonds. The molecular weight excluding hydrogens is 220 g/mol. The molecule has 0 saturated carbocycles. The van der Waals surface area contributed by atoms with Gasteiger partial charge < -0.3 is 4.74 Å². The number of alkyl halides is 1. The van der Waals surface area contributed by atoms with Gasteiger partial charge in [-0.15, -0.1) is 11.6 Å². The fourth-order valence-corrected chi connectivity index (χ4v) is 2.72. The molecule has 1 heterocycles. The molecule has 1 aliphatic rings. The van der Waals surface area contributed by atoms with Gasteiger partial charge in [0.25, 0.3) is 0 Å². The Kier molecular flexibility index (Phi) is 4.25. The third kappa shape index (κ3) is 3.23. The van der Waals surface area contributed by atoms with Crippen LogP contribution in [0.3, 0.4) is 0 Å². The molecule has 1 aromatic rings. The number of ether oxygens (including phenoxy) is 1. The van der Waals surface area contributed by atoms with E-state index in [1.54, 1.807) is 0 Å². The highest BCUT2D eigenvalue weighted by Crippen LogP contribution is 2.27. The highest BCUT2D eigenvalue weighted by Gasteiger charge is 2.27. The quantitative estimate of drug-likeness (QED) is 0.728. The van der Waals surface area contributed by atoms with Gasteiger partial charge >= 0.3 is 0 Å². The van der Waals surface area contributed by atoms with Crippen molar-refractivity contribution in [2.45, 2.75) is 50.2 Å². The van der Waals surface area contributed by atoms with Crippen LogP contribution in [-0.4, -0.2) is 17.6 Å². The van der Waals surface area contributed by atoms with E-state index in [0.717, 1.165) is 25.7 Å². The highest BCUT2D eigenvalue weighted by atomic mass is 35.5. The first kappa shape index (κ1) is 11.9. The summed E-state index contributed by atoms with van der Waals surface area (Å²) >= 11 is 6.27. The average molecular weight is 239 g/mol. The molecule has 1 nitrogen and oxygen atoms in total. The van der Waals surface area contributed by atoms with Gasteiger partial charge in [-0.25, -0.2) is 0 Å². The van der Waals surface area contributed by atoms with Crippen LogP contribution < -0.4 is 0 Å². The molecule has 1 saturated heterocycles. The van der Waals surface area contributed by atoms with Crippen molar-refractivity contribution in [3.8, 4) is 0 Å². The van der Waals surface area contributed by atoms with Crippen molar-refractivity contribution in [1.82, 2.24) is 0 Å². The molecule has 0 aromatic heterocycles. The summed E-state index contributed by atoms with van der Waals surface area (Å²) < 4.78 is 6.03. The molecule has 2 rings (SSSR count). The van der Waals surface area contributed by atoms with E-state index >= 15 is 0 Å². The van der Waals surface area contributed by atoms with Gasteiger partial charge in [0, 0.05) is 5.38 Å². The summed E-state index contributed by atoms with van der Waals surface area (Å²) in [4.78, 5) is 0. The molecule has 2 heteroatoms. The first-order valence-corrected chi connectivity index (χ1v) is 6.55. The minimum Gasteiger partial charge on any atom is -0.375 e. The van der Waals surface area contributed by atoms with Crippen molar-refractivity contribution in [2.24, 2.45) is 0 Å². The van der Waals surface area contributed by atoms with Gasteiger partial charge in [0.2, 0.25) is 0 Å². The zero-order valence-corrected chi connectivity index (χ0v) is 10.5. The van der Waals surface area contributed by atoms with Gasteiger partial charge in [-0.3, -0.25) is 0 Å². The van der Waals surface area contributed by atoms with Crippen LogP contribution in [0, 0.1) is 0 Å². The molecule has 1 aliphatic heterocycles. The van der Waals surface area contributed by atoms with Crippen LogP contribution in [0.25, 0.3) is 0 Å². The lowest BCUT2D eigenvalue weighted by Gasteiger charge is -2.32. The molecule has 3 atom stereocenters. The lowest BCUT2D eigenvalue weighted by atomic mass is 9.97. The van der Waals surface area contributed by atoms with Gasteiger partial charge in [-0.05, 0) is 31.2 Å². The van der Waals surface area contributed by atoms with Gasteiger partial charge in [0.05, 0.1) is 12.2 Å². The molecule has 88 valence electrons. The van der Waals surface area contributed by atoms with E-state index < -0.39 is 0 Å². The number of rotatable bonds is 3. The Morgan fingerprint density at radius 2 is 1.88 bits per heavy atom. The van der Waals surface area contributed by atoms with Crippen molar-refractivity contribution >= 4 is 11.6 Å². The normalized spacial score (nSPS) is 30.2. The Bertz CT molecular complexity index is 312. The Labute approximate surface area is 103 Å². The van der Waals surface area contributed by atoms with E-state index in [9.17, 15) is 0 Å². The monoisotopic (exact) mass is 238 g/mol. The first-order chi connectivity index (χ1) is 7.78. The zero-order chi connectivity index (χ0) is 11.4. The summed E-state index contributed by atoms with van der Waals surface area (Å²) in [6, 6.07) is 10.5. The zero-order valence-electron chi connectivity index (χ0n) is 9.73. The van der Waals surface area contributed by atoms with Crippen LogP contribution in [-0.2, 0) is 11.2 Å². The maximum Gasteiger partial charge on any atom is 0.0633 e. The van der Waals surface area contributed by atoms with Gasteiger partial charge in [0.15, 0.2) is 0 Å². The largest absolute Gasteiger partial charge is 0.375 e. The minimum absolute atomic E-state index is 0.285. The summed E-state index contributed by atoms with van der Waals surface area (Å²) in [6.45, 7) is 2.17. The summed E-state index contributed by atoms with van der Waals surface area (Å²) in [5.41, 5.74) is 1.34. The average Bonchev–Trinajstić information content (AvgIpc) is 2.29. The summed E-state index contributed by atoms with van der Waals surface area (Å²) in [5.74, 6) is 0. The predicted octanol–water partition coefficient (Wildman–Crippen LogP) is 3.79. The fourth-order valence-electron chi connectivity index (χ4n) is 2.32. The second kappa shape index (κ2) is 5.70. The van der Waals surface area contributed by atoms with Crippen LogP contribution in [0.4, 0.5) is 0 Å². The second-order valence-electron chi connectivity index (χ2n) is 4.55. The van der Waals surface area contributed by atoms with Crippen LogP contribution in [0.1, 0.15) is 31.7 Å². The van der Waals surface area contributed by atoms with Crippen molar-refractivity contribution in [2.75, 3.05) is 0 Å². The Morgan fingerprint density at radius 1 is 1.19 bits per heavy atom. The molecule has 0 bridgehead atoms. The molecule has 0 radical (unpaired) electrons. The maximum atomic E-state index is 6.27. The van der Waals surface area contributed by atoms with E-state index in [2.05, 4.69) is 31.2 Å². The minimum atomic E-state index is 0.285. The molecule has 1 fully saturated rings. The third-order valence-corrected chi connectivity index (χ3v) is 3.54. The molecule has 0 unspecified atom stereocenters. The van der Waals surface area contributed by atoms with Gasteiger partial charge in [-0.2, -0.15) is 0 Å². The van der Waals surface area contributed by atoms with E-state index in [0.29, 0.717) is 12.2 Å². The van der Waals surface area contributed by atoms with E-state index in [-0.39, 0.29) is 5.38 Å². The van der Waals surface area contributed by atoms with Gasteiger partial charge in [-0.1, -0.05) is 37.3 Å². The van der Waals surface area contributed by atoms with E-state index in [1.165, 1.54) is 5.56 Å². The SMILES string of the molecule is CC[C@@H]1C[C@H](Cl)C[C@H](Cc2ccccc2)O1. The van der Waals surface area contributed by atoms with Crippen LogP contribution in [0.5, 0.6) is 0 Å². The Balaban J connectivity index is 1.94. The van der Waals surface area contributed by atoms with Gasteiger partial charge in [0.1, 0.15) is 0 Å². The number of hydrogen-bond donors (Lipinski definition) is 0. The van der Waals surface area contributed by atoms with Crippen LogP contribution in [0.15, 0.2) is 30.3 Å². The van der Waals surface area contributed by atoms with Crippen molar-refractivity contribution in [1.29, 1.82) is 0 Å². The van der Waals surface area contributed by atoms with Crippen molar-refractivity contribution in [3.05, 3.63) is 35.9 Å². The lowest BCUT2D eigenvalue weighted by Crippen LogP contribution is -2.34. The fraction of sp³-hybridized carbons (Fsp3) is 0.571.